The fraction of sp³-hybridized carbons (Fsp3) is 0.188. The average molecular weight is 299 g/mol. The number of benzene rings is 1. The summed E-state index contributed by atoms with van der Waals surface area (Å²) >= 11 is 1.67. The van der Waals surface area contributed by atoms with Gasteiger partial charge in [-0.05, 0) is 36.8 Å². The monoisotopic (exact) mass is 299 g/mol. The highest BCUT2D eigenvalue weighted by Crippen LogP contribution is 2.31. The minimum atomic E-state index is 0.765. The SMILES string of the molecule is COc1ccc(N)c(SCc2cn3cccc(C)c3n2)c1. The molecule has 0 fully saturated rings. The van der Waals surface area contributed by atoms with Gasteiger partial charge in [0.05, 0.1) is 12.8 Å². The van der Waals surface area contributed by atoms with Crippen molar-refractivity contribution in [1.29, 1.82) is 0 Å². The van der Waals surface area contributed by atoms with E-state index in [1.54, 1.807) is 18.9 Å². The van der Waals surface area contributed by atoms with Gasteiger partial charge in [0.25, 0.3) is 0 Å². The van der Waals surface area contributed by atoms with Crippen LogP contribution in [0.5, 0.6) is 5.75 Å². The summed E-state index contributed by atoms with van der Waals surface area (Å²) in [5.41, 5.74) is 9.99. The van der Waals surface area contributed by atoms with Crippen molar-refractivity contribution >= 4 is 23.1 Å². The molecule has 1 aromatic carbocycles. The van der Waals surface area contributed by atoms with Gasteiger partial charge < -0.3 is 14.9 Å². The first kappa shape index (κ1) is 13.8. The van der Waals surface area contributed by atoms with Gasteiger partial charge in [0.2, 0.25) is 0 Å². The van der Waals surface area contributed by atoms with Gasteiger partial charge in [-0.15, -0.1) is 11.8 Å². The van der Waals surface area contributed by atoms with E-state index >= 15 is 0 Å². The van der Waals surface area contributed by atoms with E-state index in [0.29, 0.717) is 0 Å². The van der Waals surface area contributed by atoms with Crippen molar-refractivity contribution in [3.63, 3.8) is 0 Å². The summed E-state index contributed by atoms with van der Waals surface area (Å²) in [5, 5.41) is 0. The third kappa shape index (κ3) is 2.83. The predicted octanol–water partition coefficient (Wildman–Crippen LogP) is 3.53. The molecule has 0 spiro atoms. The topological polar surface area (TPSA) is 52.5 Å². The summed E-state index contributed by atoms with van der Waals surface area (Å²) in [5.74, 6) is 1.59. The van der Waals surface area contributed by atoms with Crippen molar-refractivity contribution in [3.8, 4) is 5.75 Å². The highest BCUT2D eigenvalue weighted by atomic mass is 32.2. The number of nitrogens with two attached hydrogens (primary N) is 1. The first-order valence-corrected chi connectivity index (χ1v) is 7.65. The van der Waals surface area contributed by atoms with Gasteiger partial charge in [-0.1, -0.05) is 6.07 Å². The van der Waals surface area contributed by atoms with Crippen molar-refractivity contribution in [2.75, 3.05) is 12.8 Å². The molecule has 2 heterocycles. The van der Waals surface area contributed by atoms with Crippen molar-refractivity contribution in [2.24, 2.45) is 0 Å². The van der Waals surface area contributed by atoms with Gasteiger partial charge in [-0.2, -0.15) is 0 Å². The quantitative estimate of drug-likeness (QED) is 0.591. The van der Waals surface area contributed by atoms with E-state index in [1.165, 1.54) is 5.56 Å². The van der Waals surface area contributed by atoms with E-state index < -0.39 is 0 Å². The Bertz CT molecular complexity index is 782. The Labute approximate surface area is 127 Å². The number of pyridine rings is 1. The van der Waals surface area contributed by atoms with Crippen LogP contribution in [0.4, 0.5) is 5.69 Å². The number of aryl methyl sites for hydroxylation is 1. The molecule has 2 N–H and O–H groups in total. The molecular formula is C16H17N3OS. The van der Waals surface area contributed by atoms with Gasteiger partial charge in [0.15, 0.2) is 0 Å². The Morgan fingerprint density at radius 1 is 1.33 bits per heavy atom. The number of hydrogen-bond donors (Lipinski definition) is 1. The Hall–Kier alpha value is -2.14. The lowest BCUT2D eigenvalue weighted by Crippen LogP contribution is -1.91. The first-order valence-electron chi connectivity index (χ1n) is 6.67. The van der Waals surface area contributed by atoms with Crippen LogP contribution in [-0.2, 0) is 5.75 Å². The van der Waals surface area contributed by atoms with E-state index in [4.69, 9.17) is 10.5 Å². The van der Waals surface area contributed by atoms with E-state index in [2.05, 4.69) is 28.6 Å². The summed E-state index contributed by atoms with van der Waals surface area (Å²) in [7, 11) is 1.66. The van der Waals surface area contributed by atoms with Crippen molar-refractivity contribution in [3.05, 3.63) is 54.0 Å². The Balaban J connectivity index is 1.81. The summed E-state index contributed by atoms with van der Waals surface area (Å²) in [4.78, 5) is 5.69. The lowest BCUT2D eigenvalue weighted by Gasteiger charge is -2.06. The molecule has 0 atom stereocenters. The number of ether oxygens (including phenoxy) is 1. The van der Waals surface area contributed by atoms with Crippen molar-refractivity contribution in [2.45, 2.75) is 17.6 Å². The average Bonchev–Trinajstić information content (AvgIpc) is 2.91. The van der Waals surface area contributed by atoms with Crippen molar-refractivity contribution < 1.29 is 4.74 Å². The van der Waals surface area contributed by atoms with Crippen LogP contribution in [0.3, 0.4) is 0 Å². The summed E-state index contributed by atoms with van der Waals surface area (Å²) in [6, 6.07) is 9.80. The Kier molecular flexibility index (Phi) is 3.75. The zero-order chi connectivity index (χ0) is 14.8. The summed E-state index contributed by atoms with van der Waals surface area (Å²) < 4.78 is 7.29. The number of imidazole rings is 1. The molecule has 108 valence electrons. The van der Waals surface area contributed by atoms with Crippen LogP contribution >= 0.6 is 11.8 Å². The van der Waals surface area contributed by atoms with Crippen LogP contribution in [-0.4, -0.2) is 16.5 Å². The standard InChI is InChI=1S/C16H17N3OS/c1-11-4-3-7-19-9-12(18-16(11)19)10-21-15-8-13(20-2)5-6-14(15)17/h3-9H,10,17H2,1-2H3. The van der Waals surface area contributed by atoms with E-state index in [0.717, 1.165) is 33.4 Å². The summed E-state index contributed by atoms with van der Waals surface area (Å²) in [6.45, 7) is 2.07. The molecule has 0 aliphatic rings. The molecule has 5 heteroatoms. The maximum Gasteiger partial charge on any atom is 0.139 e. The number of anilines is 1. The van der Waals surface area contributed by atoms with Crippen LogP contribution in [0.1, 0.15) is 11.3 Å². The molecule has 0 unspecified atom stereocenters. The lowest BCUT2D eigenvalue weighted by molar-refractivity contribution is 0.414. The van der Waals surface area contributed by atoms with E-state index in [9.17, 15) is 0 Å². The fourth-order valence-electron chi connectivity index (χ4n) is 2.19. The second-order valence-corrected chi connectivity index (χ2v) is 5.86. The second-order valence-electron chi connectivity index (χ2n) is 4.85. The van der Waals surface area contributed by atoms with Crippen LogP contribution in [0, 0.1) is 6.92 Å². The number of nitrogen functional groups attached to an aromatic ring is 1. The van der Waals surface area contributed by atoms with Gasteiger partial charge in [-0.25, -0.2) is 4.98 Å². The zero-order valence-electron chi connectivity index (χ0n) is 12.0. The maximum atomic E-state index is 6.01. The number of methoxy groups -OCH3 is 1. The van der Waals surface area contributed by atoms with Crippen molar-refractivity contribution in [1.82, 2.24) is 9.38 Å². The maximum absolute atomic E-state index is 6.01. The van der Waals surface area contributed by atoms with Gasteiger partial charge in [-0.3, -0.25) is 0 Å². The van der Waals surface area contributed by atoms with Gasteiger partial charge in [0, 0.05) is 28.7 Å². The van der Waals surface area contributed by atoms with Crippen LogP contribution < -0.4 is 10.5 Å². The normalized spacial score (nSPS) is 11.0. The number of nitrogens with zero attached hydrogens (tertiary/aromatic N) is 2. The molecular weight excluding hydrogens is 282 g/mol. The largest absolute Gasteiger partial charge is 0.497 e. The molecule has 3 aromatic rings. The predicted molar refractivity (Wildman–Crippen MR) is 86.9 cm³/mol. The molecule has 4 nitrogen and oxygen atoms in total. The number of aromatic nitrogens is 2. The Morgan fingerprint density at radius 2 is 2.19 bits per heavy atom. The van der Waals surface area contributed by atoms with Gasteiger partial charge in [0.1, 0.15) is 11.4 Å². The number of thioether (sulfide) groups is 1. The minimum Gasteiger partial charge on any atom is -0.497 e. The molecule has 0 radical (unpaired) electrons. The van der Waals surface area contributed by atoms with Crippen LogP contribution in [0.25, 0.3) is 5.65 Å². The molecule has 2 aromatic heterocycles. The molecule has 0 aliphatic carbocycles. The highest BCUT2D eigenvalue weighted by molar-refractivity contribution is 7.98. The highest BCUT2D eigenvalue weighted by Gasteiger charge is 2.07. The lowest BCUT2D eigenvalue weighted by atomic mass is 10.3. The smallest absolute Gasteiger partial charge is 0.139 e. The molecule has 0 saturated carbocycles. The molecule has 0 aliphatic heterocycles. The third-order valence-corrected chi connectivity index (χ3v) is 4.43. The van der Waals surface area contributed by atoms with Gasteiger partial charge >= 0.3 is 0 Å². The summed E-state index contributed by atoms with van der Waals surface area (Å²) in [6.07, 6.45) is 4.08. The molecule has 0 amide bonds. The third-order valence-electron chi connectivity index (χ3n) is 3.32. The fourth-order valence-corrected chi connectivity index (χ4v) is 3.07. The number of fused-ring (bicyclic) bond motifs is 1. The second kappa shape index (κ2) is 5.69. The van der Waals surface area contributed by atoms with E-state index in [-0.39, 0.29) is 0 Å². The van der Waals surface area contributed by atoms with E-state index in [1.807, 2.05) is 30.5 Å². The van der Waals surface area contributed by atoms with Crippen LogP contribution in [0.15, 0.2) is 47.6 Å². The number of hydrogen-bond acceptors (Lipinski definition) is 4. The molecule has 3 rings (SSSR count). The molecule has 0 saturated heterocycles. The molecule has 21 heavy (non-hydrogen) atoms. The zero-order valence-corrected chi connectivity index (χ0v) is 12.9. The first-order chi connectivity index (χ1) is 10.2. The number of rotatable bonds is 4. The van der Waals surface area contributed by atoms with Crippen LogP contribution in [0.2, 0.25) is 0 Å². The molecule has 0 bridgehead atoms. The minimum absolute atomic E-state index is 0.765. The Morgan fingerprint density at radius 3 is 2.95 bits per heavy atom.